The smallest absolute Gasteiger partial charge is 0.338 e. The zero-order chi connectivity index (χ0) is 14.9. The summed E-state index contributed by atoms with van der Waals surface area (Å²) in [5, 5.41) is 3.39. The molecule has 0 bridgehead atoms. The minimum atomic E-state index is -0.239. The summed E-state index contributed by atoms with van der Waals surface area (Å²) in [6, 6.07) is 7.56. The number of ether oxygens (including phenoxy) is 1. The van der Waals surface area contributed by atoms with Crippen molar-refractivity contribution in [3.63, 3.8) is 0 Å². The molecule has 0 atom stereocenters. The van der Waals surface area contributed by atoms with E-state index in [1.807, 2.05) is 25.1 Å². The average molecular weight is 290 g/mol. The van der Waals surface area contributed by atoms with E-state index in [1.54, 1.807) is 6.07 Å². The van der Waals surface area contributed by atoms with Gasteiger partial charge in [0.15, 0.2) is 0 Å². The summed E-state index contributed by atoms with van der Waals surface area (Å²) >= 11 is 0. The van der Waals surface area contributed by atoms with Crippen molar-refractivity contribution in [2.75, 3.05) is 38.1 Å². The highest BCUT2D eigenvalue weighted by Crippen LogP contribution is 2.12. The van der Waals surface area contributed by atoms with E-state index in [9.17, 15) is 4.79 Å². The monoisotopic (exact) mass is 290 g/mol. The molecule has 1 N–H and O–H groups in total. The van der Waals surface area contributed by atoms with Crippen molar-refractivity contribution in [2.45, 2.75) is 32.6 Å². The molecule has 1 aromatic carbocycles. The van der Waals surface area contributed by atoms with Crippen molar-refractivity contribution in [3.8, 4) is 0 Å². The maximum atomic E-state index is 11.8. The van der Waals surface area contributed by atoms with E-state index in [2.05, 4.69) is 10.2 Å². The summed E-state index contributed by atoms with van der Waals surface area (Å²) in [6.45, 7) is 6.87. The molecule has 1 heterocycles. The largest absolute Gasteiger partial charge is 0.462 e. The highest BCUT2D eigenvalue weighted by atomic mass is 16.5. The molecule has 0 aliphatic carbocycles. The van der Waals surface area contributed by atoms with Gasteiger partial charge in [-0.15, -0.1) is 0 Å². The van der Waals surface area contributed by atoms with Crippen molar-refractivity contribution in [1.29, 1.82) is 0 Å². The van der Waals surface area contributed by atoms with Gasteiger partial charge in [-0.2, -0.15) is 0 Å². The third kappa shape index (κ3) is 5.38. The third-order valence-electron chi connectivity index (χ3n) is 3.74. The van der Waals surface area contributed by atoms with Gasteiger partial charge >= 0.3 is 5.97 Å². The molecule has 1 aromatic rings. The van der Waals surface area contributed by atoms with Gasteiger partial charge in [0.05, 0.1) is 12.2 Å². The van der Waals surface area contributed by atoms with Crippen LogP contribution in [0.5, 0.6) is 0 Å². The molecular formula is C17H26N2O2. The Morgan fingerprint density at radius 3 is 2.86 bits per heavy atom. The first kappa shape index (κ1) is 15.8. The predicted molar refractivity (Wildman–Crippen MR) is 85.8 cm³/mol. The summed E-state index contributed by atoms with van der Waals surface area (Å²) in [4.78, 5) is 14.3. The standard InChI is InChI=1S/C17H26N2O2/c1-2-13-21-17(20)15-7-6-8-16(14-15)18-9-12-19-10-4-3-5-11-19/h6-8,14,18H,2-5,9-13H2,1H3. The first-order valence-corrected chi connectivity index (χ1v) is 8.03. The maximum Gasteiger partial charge on any atom is 0.338 e. The molecule has 1 aliphatic rings. The summed E-state index contributed by atoms with van der Waals surface area (Å²) in [6.07, 6.45) is 4.85. The average Bonchev–Trinajstić information content (AvgIpc) is 2.54. The molecule has 2 rings (SSSR count). The Balaban J connectivity index is 1.78. The molecule has 1 fully saturated rings. The molecule has 1 saturated heterocycles. The quantitative estimate of drug-likeness (QED) is 0.783. The zero-order valence-electron chi connectivity index (χ0n) is 12.9. The lowest BCUT2D eigenvalue weighted by Gasteiger charge is -2.26. The first-order valence-electron chi connectivity index (χ1n) is 8.03. The van der Waals surface area contributed by atoms with Gasteiger partial charge in [0.25, 0.3) is 0 Å². The fourth-order valence-corrected chi connectivity index (χ4v) is 2.58. The van der Waals surface area contributed by atoms with Gasteiger partial charge in [-0.3, -0.25) is 0 Å². The molecule has 0 spiro atoms. The van der Waals surface area contributed by atoms with Crippen LogP contribution in [0, 0.1) is 0 Å². The lowest BCUT2D eigenvalue weighted by atomic mass is 10.1. The molecule has 4 heteroatoms. The number of likely N-dealkylation sites (tertiary alicyclic amines) is 1. The van der Waals surface area contributed by atoms with Crippen LogP contribution in [0.25, 0.3) is 0 Å². The van der Waals surface area contributed by atoms with Crippen molar-refractivity contribution >= 4 is 11.7 Å². The number of carbonyl (C=O) groups excluding carboxylic acids is 1. The van der Waals surface area contributed by atoms with Crippen molar-refractivity contribution < 1.29 is 9.53 Å². The second-order valence-corrected chi connectivity index (χ2v) is 5.55. The van der Waals surface area contributed by atoms with Crippen LogP contribution in [0.2, 0.25) is 0 Å². The van der Waals surface area contributed by atoms with Gasteiger partial charge in [0, 0.05) is 18.8 Å². The molecule has 0 unspecified atom stereocenters. The van der Waals surface area contributed by atoms with E-state index in [4.69, 9.17) is 4.74 Å². The molecule has 0 aromatic heterocycles. The number of anilines is 1. The van der Waals surface area contributed by atoms with Gasteiger partial charge < -0.3 is 15.0 Å². The Bertz CT molecular complexity index is 442. The molecule has 4 nitrogen and oxygen atoms in total. The van der Waals surface area contributed by atoms with Gasteiger partial charge in [0.2, 0.25) is 0 Å². The molecule has 116 valence electrons. The highest BCUT2D eigenvalue weighted by molar-refractivity contribution is 5.90. The van der Waals surface area contributed by atoms with Gasteiger partial charge in [0.1, 0.15) is 0 Å². The van der Waals surface area contributed by atoms with E-state index >= 15 is 0 Å². The van der Waals surface area contributed by atoms with E-state index in [1.165, 1.54) is 32.4 Å². The zero-order valence-corrected chi connectivity index (χ0v) is 12.9. The number of piperidine rings is 1. The van der Waals surface area contributed by atoms with Crippen molar-refractivity contribution in [3.05, 3.63) is 29.8 Å². The second kappa shape index (κ2) is 8.67. The van der Waals surface area contributed by atoms with E-state index in [0.29, 0.717) is 12.2 Å². The molecular weight excluding hydrogens is 264 g/mol. The topological polar surface area (TPSA) is 41.6 Å². The van der Waals surface area contributed by atoms with Crippen LogP contribution < -0.4 is 5.32 Å². The Morgan fingerprint density at radius 1 is 1.29 bits per heavy atom. The van der Waals surface area contributed by atoms with Crippen molar-refractivity contribution in [1.82, 2.24) is 4.90 Å². The minimum absolute atomic E-state index is 0.239. The van der Waals surface area contributed by atoms with Gasteiger partial charge in [-0.1, -0.05) is 19.4 Å². The SMILES string of the molecule is CCCOC(=O)c1cccc(NCCN2CCCCC2)c1. The molecule has 21 heavy (non-hydrogen) atoms. The summed E-state index contributed by atoms with van der Waals surface area (Å²) in [5.74, 6) is -0.239. The lowest BCUT2D eigenvalue weighted by Crippen LogP contribution is -2.33. The summed E-state index contributed by atoms with van der Waals surface area (Å²) in [7, 11) is 0. The number of esters is 1. The normalized spacial score (nSPS) is 15.7. The van der Waals surface area contributed by atoms with Crippen LogP contribution in [0.1, 0.15) is 43.0 Å². The van der Waals surface area contributed by atoms with Crippen LogP contribution in [0.15, 0.2) is 24.3 Å². The highest BCUT2D eigenvalue weighted by Gasteiger charge is 2.10. The van der Waals surface area contributed by atoms with E-state index in [0.717, 1.165) is 25.2 Å². The van der Waals surface area contributed by atoms with Crippen LogP contribution in [0.4, 0.5) is 5.69 Å². The number of benzene rings is 1. The van der Waals surface area contributed by atoms with Crippen molar-refractivity contribution in [2.24, 2.45) is 0 Å². The Labute approximate surface area is 127 Å². The Morgan fingerprint density at radius 2 is 2.10 bits per heavy atom. The molecule has 0 amide bonds. The van der Waals surface area contributed by atoms with Crippen LogP contribution in [-0.2, 0) is 4.74 Å². The fourth-order valence-electron chi connectivity index (χ4n) is 2.58. The number of rotatable bonds is 7. The number of hydrogen-bond acceptors (Lipinski definition) is 4. The summed E-state index contributed by atoms with van der Waals surface area (Å²) < 4.78 is 5.16. The maximum absolute atomic E-state index is 11.8. The Kier molecular flexibility index (Phi) is 6.54. The van der Waals surface area contributed by atoms with Crippen LogP contribution in [0.3, 0.4) is 0 Å². The number of nitrogens with one attached hydrogen (secondary N) is 1. The number of carbonyl (C=O) groups is 1. The van der Waals surface area contributed by atoms with E-state index in [-0.39, 0.29) is 5.97 Å². The minimum Gasteiger partial charge on any atom is -0.462 e. The fraction of sp³-hybridized carbons (Fsp3) is 0.588. The number of hydrogen-bond donors (Lipinski definition) is 1. The van der Waals surface area contributed by atoms with Gasteiger partial charge in [-0.25, -0.2) is 4.79 Å². The number of nitrogens with zero attached hydrogens (tertiary/aromatic N) is 1. The van der Waals surface area contributed by atoms with Gasteiger partial charge in [-0.05, 0) is 50.6 Å². The van der Waals surface area contributed by atoms with Crippen LogP contribution >= 0.6 is 0 Å². The second-order valence-electron chi connectivity index (χ2n) is 5.55. The first-order chi connectivity index (χ1) is 10.3. The molecule has 1 aliphatic heterocycles. The third-order valence-corrected chi connectivity index (χ3v) is 3.74. The van der Waals surface area contributed by atoms with E-state index < -0.39 is 0 Å². The Hall–Kier alpha value is -1.55. The molecule has 0 saturated carbocycles. The lowest BCUT2D eigenvalue weighted by molar-refractivity contribution is 0.0505. The predicted octanol–water partition coefficient (Wildman–Crippen LogP) is 3.15. The summed E-state index contributed by atoms with van der Waals surface area (Å²) in [5.41, 5.74) is 1.60. The molecule has 0 radical (unpaired) electrons. The van der Waals surface area contributed by atoms with Crippen LogP contribution in [-0.4, -0.2) is 43.7 Å².